The number of urea groups is 1. The predicted octanol–water partition coefficient (Wildman–Crippen LogP) is 1.84. The second kappa shape index (κ2) is 8.64. The molecule has 1 aromatic rings. The Bertz CT molecular complexity index is 529. The number of carboxylic acid groups (broad SMARTS) is 1. The van der Waals surface area contributed by atoms with Gasteiger partial charge in [-0.15, -0.1) is 0 Å². The van der Waals surface area contributed by atoms with Gasteiger partial charge in [0, 0.05) is 5.56 Å². The van der Waals surface area contributed by atoms with Crippen molar-refractivity contribution in [3.63, 3.8) is 0 Å². The van der Waals surface area contributed by atoms with E-state index in [0.717, 1.165) is 5.56 Å². The molecule has 0 saturated heterocycles. The number of hydrogen-bond donors (Lipinski definition) is 3. The first-order valence-corrected chi connectivity index (χ1v) is 6.80. The average molecular weight is 288 g/mol. The molecule has 0 aliphatic heterocycles. The lowest BCUT2D eigenvalue weighted by atomic mass is 10.0. The molecule has 0 bridgehead atoms. The van der Waals surface area contributed by atoms with Crippen LogP contribution < -0.4 is 10.6 Å². The number of nitrogens with one attached hydrogen (secondary N) is 2. The molecule has 0 aliphatic rings. The molecule has 5 nitrogen and oxygen atoms in total. The largest absolute Gasteiger partial charge is 0.480 e. The first-order chi connectivity index (χ1) is 9.99. The summed E-state index contributed by atoms with van der Waals surface area (Å²) < 4.78 is 0. The van der Waals surface area contributed by atoms with Gasteiger partial charge < -0.3 is 15.7 Å². The minimum atomic E-state index is -1.03. The number of carbonyl (C=O) groups is 2. The standard InChI is InChI=1S/C16H20N2O3/c1-12(2)11-14(15(19)20)18-16(21)17-10-6-9-13-7-4-3-5-8-13/h3-5,7-8,12,14H,10-11H2,1-2H3,(H,19,20)(H2,17,18,21). The lowest BCUT2D eigenvalue weighted by molar-refractivity contribution is -0.139. The van der Waals surface area contributed by atoms with Gasteiger partial charge in [-0.25, -0.2) is 9.59 Å². The summed E-state index contributed by atoms with van der Waals surface area (Å²) >= 11 is 0. The monoisotopic (exact) mass is 288 g/mol. The molecule has 1 aromatic carbocycles. The maximum atomic E-state index is 11.6. The third-order valence-electron chi connectivity index (χ3n) is 2.65. The summed E-state index contributed by atoms with van der Waals surface area (Å²) in [6, 6.07) is 8.00. The molecule has 0 aromatic heterocycles. The van der Waals surface area contributed by atoms with Crippen molar-refractivity contribution >= 4 is 12.0 Å². The van der Waals surface area contributed by atoms with Gasteiger partial charge >= 0.3 is 12.0 Å². The molecule has 1 rings (SSSR count). The summed E-state index contributed by atoms with van der Waals surface area (Å²) in [6.45, 7) is 3.97. The normalized spacial score (nSPS) is 11.2. The minimum Gasteiger partial charge on any atom is -0.480 e. The Kier molecular flexibility index (Phi) is 6.82. The van der Waals surface area contributed by atoms with E-state index >= 15 is 0 Å². The zero-order valence-corrected chi connectivity index (χ0v) is 12.2. The van der Waals surface area contributed by atoms with Crippen LogP contribution in [-0.4, -0.2) is 29.7 Å². The molecule has 2 amide bonds. The molecule has 0 radical (unpaired) electrons. The SMILES string of the molecule is CC(C)CC(NC(=O)NCC#Cc1ccccc1)C(=O)O. The van der Waals surface area contributed by atoms with E-state index in [9.17, 15) is 9.59 Å². The van der Waals surface area contributed by atoms with E-state index in [1.807, 2.05) is 44.2 Å². The topological polar surface area (TPSA) is 78.4 Å². The van der Waals surface area contributed by atoms with Crippen molar-refractivity contribution in [1.82, 2.24) is 10.6 Å². The molecule has 21 heavy (non-hydrogen) atoms. The Balaban J connectivity index is 2.40. The first-order valence-electron chi connectivity index (χ1n) is 6.80. The average Bonchev–Trinajstić information content (AvgIpc) is 2.43. The Labute approximate surface area is 124 Å². The molecular formula is C16H20N2O3. The second-order valence-corrected chi connectivity index (χ2v) is 5.02. The summed E-state index contributed by atoms with van der Waals surface area (Å²) in [7, 11) is 0. The molecule has 1 unspecified atom stereocenters. The van der Waals surface area contributed by atoms with Gasteiger partial charge in [0.2, 0.25) is 0 Å². The highest BCUT2D eigenvalue weighted by atomic mass is 16.4. The summed E-state index contributed by atoms with van der Waals surface area (Å²) in [4.78, 5) is 22.6. The number of rotatable bonds is 5. The Morgan fingerprint density at radius 1 is 1.24 bits per heavy atom. The Morgan fingerprint density at radius 3 is 2.48 bits per heavy atom. The van der Waals surface area contributed by atoms with Gasteiger partial charge in [-0.2, -0.15) is 0 Å². The lowest BCUT2D eigenvalue weighted by Crippen LogP contribution is -2.46. The summed E-state index contributed by atoms with van der Waals surface area (Å²) in [5, 5.41) is 14.0. The van der Waals surface area contributed by atoms with Crippen molar-refractivity contribution in [2.24, 2.45) is 5.92 Å². The van der Waals surface area contributed by atoms with Gasteiger partial charge in [-0.3, -0.25) is 0 Å². The van der Waals surface area contributed by atoms with Crippen LogP contribution >= 0.6 is 0 Å². The summed E-state index contributed by atoms with van der Waals surface area (Å²) in [5.41, 5.74) is 0.864. The number of carbonyl (C=O) groups excluding carboxylic acids is 1. The third-order valence-corrected chi connectivity index (χ3v) is 2.65. The van der Waals surface area contributed by atoms with Crippen LogP contribution in [0.4, 0.5) is 4.79 Å². The van der Waals surface area contributed by atoms with Crippen molar-refractivity contribution in [3.8, 4) is 11.8 Å². The molecular weight excluding hydrogens is 268 g/mol. The van der Waals surface area contributed by atoms with E-state index in [0.29, 0.717) is 6.42 Å². The van der Waals surface area contributed by atoms with Crippen LogP contribution in [0.2, 0.25) is 0 Å². The van der Waals surface area contributed by atoms with Crippen LogP contribution in [0.3, 0.4) is 0 Å². The molecule has 0 saturated carbocycles. The highest BCUT2D eigenvalue weighted by Gasteiger charge is 2.20. The Hall–Kier alpha value is -2.48. The second-order valence-electron chi connectivity index (χ2n) is 5.02. The molecule has 1 atom stereocenters. The highest BCUT2D eigenvalue weighted by Crippen LogP contribution is 2.04. The van der Waals surface area contributed by atoms with Gasteiger partial charge in [0.1, 0.15) is 6.04 Å². The number of aliphatic carboxylic acids is 1. The van der Waals surface area contributed by atoms with Crippen molar-refractivity contribution in [1.29, 1.82) is 0 Å². The number of hydrogen-bond acceptors (Lipinski definition) is 2. The fraction of sp³-hybridized carbons (Fsp3) is 0.375. The van der Waals surface area contributed by atoms with Crippen molar-refractivity contribution in [2.75, 3.05) is 6.54 Å². The third kappa shape index (κ3) is 7.02. The minimum absolute atomic E-state index is 0.161. The first kappa shape index (κ1) is 16.6. The van der Waals surface area contributed by atoms with Gasteiger partial charge in [-0.05, 0) is 24.5 Å². The molecule has 5 heteroatoms. The van der Waals surface area contributed by atoms with E-state index in [1.165, 1.54) is 0 Å². The van der Waals surface area contributed by atoms with E-state index in [2.05, 4.69) is 22.5 Å². The van der Waals surface area contributed by atoms with Gasteiger partial charge in [0.15, 0.2) is 0 Å². The molecule has 0 aliphatic carbocycles. The van der Waals surface area contributed by atoms with Crippen molar-refractivity contribution in [2.45, 2.75) is 26.3 Å². The maximum absolute atomic E-state index is 11.6. The molecule has 0 heterocycles. The lowest BCUT2D eigenvalue weighted by Gasteiger charge is -2.16. The van der Waals surface area contributed by atoms with Crippen LogP contribution in [0.1, 0.15) is 25.8 Å². The summed E-state index contributed by atoms with van der Waals surface area (Å²) in [5.74, 6) is 4.86. The zero-order valence-electron chi connectivity index (χ0n) is 12.2. The van der Waals surface area contributed by atoms with Gasteiger partial charge in [0.05, 0.1) is 6.54 Å². The fourth-order valence-corrected chi connectivity index (χ4v) is 1.69. The molecule has 0 spiro atoms. The molecule has 3 N–H and O–H groups in total. The number of carboxylic acids is 1. The van der Waals surface area contributed by atoms with Crippen LogP contribution in [0.5, 0.6) is 0 Å². The van der Waals surface area contributed by atoms with Gasteiger partial charge in [-0.1, -0.05) is 43.9 Å². The van der Waals surface area contributed by atoms with Crippen molar-refractivity contribution in [3.05, 3.63) is 35.9 Å². The summed E-state index contributed by atoms with van der Waals surface area (Å²) in [6.07, 6.45) is 0.387. The smallest absolute Gasteiger partial charge is 0.326 e. The van der Waals surface area contributed by atoms with Crippen molar-refractivity contribution < 1.29 is 14.7 Å². The van der Waals surface area contributed by atoms with E-state index < -0.39 is 18.0 Å². The van der Waals surface area contributed by atoms with Gasteiger partial charge in [0.25, 0.3) is 0 Å². The molecule has 112 valence electrons. The fourth-order valence-electron chi connectivity index (χ4n) is 1.69. The van der Waals surface area contributed by atoms with Crippen LogP contribution in [-0.2, 0) is 4.79 Å². The predicted molar refractivity (Wildman–Crippen MR) is 80.7 cm³/mol. The van der Waals surface area contributed by atoms with E-state index in [4.69, 9.17) is 5.11 Å². The highest BCUT2D eigenvalue weighted by molar-refractivity contribution is 5.82. The van der Waals surface area contributed by atoms with E-state index in [-0.39, 0.29) is 12.5 Å². The maximum Gasteiger partial charge on any atom is 0.326 e. The van der Waals surface area contributed by atoms with Crippen LogP contribution in [0.15, 0.2) is 30.3 Å². The number of amides is 2. The van der Waals surface area contributed by atoms with E-state index in [1.54, 1.807) is 0 Å². The van der Waals surface area contributed by atoms with Crippen LogP contribution in [0.25, 0.3) is 0 Å². The quantitative estimate of drug-likeness (QED) is 0.723. The Morgan fingerprint density at radius 2 is 1.90 bits per heavy atom. The number of benzene rings is 1. The molecule has 0 fully saturated rings. The zero-order chi connectivity index (χ0) is 15.7. The van der Waals surface area contributed by atoms with Crippen LogP contribution in [0, 0.1) is 17.8 Å².